The van der Waals surface area contributed by atoms with Gasteiger partial charge in [0.05, 0.1) is 11.0 Å². The lowest BCUT2D eigenvalue weighted by Gasteiger charge is -2.36. The van der Waals surface area contributed by atoms with Crippen LogP contribution < -0.4 is 16.4 Å². The number of hydrogen-bond donors (Lipinski definition) is 0. The summed E-state index contributed by atoms with van der Waals surface area (Å²) in [7, 11) is 0. The molecule has 8 aromatic carbocycles. The van der Waals surface area contributed by atoms with Crippen LogP contribution in [0.15, 0.2) is 133 Å². The molecule has 2 aliphatic heterocycles. The zero-order valence-electron chi connectivity index (χ0n) is 35.7. The molecule has 0 N–H and O–H groups in total. The Morgan fingerprint density at radius 3 is 1.19 bits per heavy atom. The largest absolute Gasteiger partial charge is 0.310 e. The Labute approximate surface area is 347 Å². The smallest absolute Gasteiger partial charge is 0.252 e. The van der Waals surface area contributed by atoms with Gasteiger partial charge in [-0.1, -0.05) is 147 Å². The molecule has 0 aliphatic carbocycles. The monoisotopic (exact) mass is 760 g/mol. The molecule has 0 unspecified atom stereocenters. The van der Waals surface area contributed by atoms with E-state index in [-0.39, 0.29) is 23.0 Å². The highest BCUT2D eigenvalue weighted by molar-refractivity contribution is 7.00. The summed E-state index contributed by atoms with van der Waals surface area (Å²) in [5.74, 6) is 0. The summed E-state index contributed by atoms with van der Waals surface area (Å²) in [5, 5.41) is 10.4. The zero-order chi connectivity index (χ0) is 40.5. The maximum atomic E-state index is 2.65. The van der Waals surface area contributed by atoms with Gasteiger partial charge in [0.2, 0.25) is 0 Å². The van der Waals surface area contributed by atoms with E-state index in [0.717, 1.165) is 0 Å². The molecule has 3 heteroatoms. The summed E-state index contributed by atoms with van der Waals surface area (Å²) in [4.78, 5) is 0. The lowest BCUT2D eigenvalue weighted by atomic mass is 9.34. The van der Waals surface area contributed by atoms with Crippen molar-refractivity contribution in [3.63, 3.8) is 0 Å². The van der Waals surface area contributed by atoms with E-state index in [1.54, 1.807) is 0 Å². The third-order valence-corrected chi connectivity index (χ3v) is 13.9. The van der Waals surface area contributed by atoms with E-state index in [2.05, 4.69) is 205 Å². The van der Waals surface area contributed by atoms with Crippen molar-refractivity contribution in [3.8, 4) is 22.5 Å². The second kappa shape index (κ2) is 11.4. The second-order valence-electron chi connectivity index (χ2n) is 20.7. The highest BCUT2D eigenvalue weighted by Gasteiger charge is 2.42. The van der Waals surface area contributed by atoms with Crippen LogP contribution >= 0.6 is 0 Å². The van der Waals surface area contributed by atoms with Crippen molar-refractivity contribution in [2.45, 2.75) is 78.6 Å². The van der Waals surface area contributed by atoms with Crippen LogP contribution in [0.4, 0.5) is 0 Å². The summed E-state index contributed by atoms with van der Waals surface area (Å²) < 4.78 is 5.30. The Morgan fingerprint density at radius 1 is 0.373 bits per heavy atom. The second-order valence-corrected chi connectivity index (χ2v) is 20.7. The van der Waals surface area contributed by atoms with Gasteiger partial charge in [-0.3, -0.25) is 0 Å². The molecule has 12 rings (SSSR count). The summed E-state index contributed by atoms with van der Waals surface area (Å²) in [6.45, 7) is 21.2. The van der Waals surface area contributed by atoms with Crippen molar-refractivity contribution in [1.82, 2.24) is 9.13 Å². The lowest BCUT2D eigenvalue weighted by Crippen LogP contribution is -2.59. The molecule has 0 amide bonds. The molecule has 10 aromatic rings. The van der Waals surface area contributed by atoms with Gasteiger partial charge in [0.1, 0.15) is 0 Å². The molecule has 0 saturated heterocycles. The van der Waals surface area contributed by atoms with Crippen molar-refractivity contribution in [2.75, 3.05) is 0 Å². The van der Waals surface area contributed by atoms with Gasteiger partial charge in [-0.25, -0.2) is 0 Å². The Kier molecular flexibility index (Phi) is 6.73. The van der Waals surface area contributed by atoms with Crippen LogP contribution in [0.2, 0.25) is 0 Å². The fourth-order valence-corrected chi connectivity index (χ4v) is 10.6. The van der Waals surface area contributed by atoms with Gasteiger partial charge < -0.3 is 9.13 Å². The summed E-state index contributed by atoms with van der Waals surface area (Å²) >= 11 is 0. The fraction of sp³-hybridized carbons (Fsp3) is 0.214. The molecule has 2 nitrogen and oxygen atoms in total. The van der Waals surface area contributed by atoms with Gasteiger partial charge in [0.15, 0.2) is 0 Å². The molecule has 2 aliphatic rings. The van der Waals surface area contributed by atoms with Crippen molar-refractivity contribution in [2.24, 2.45) is 0 Å². The molecule has 0 atom stereocenters. The Hall–Kier alpha value is -6.06. The predicted molar refractivity (Wildman–Crippen MR) is 256 cm³/mol. The first kappa shape index (κ1) is 34.9. The maximum absolute atomic E-state index is 2.65. The number of hydrogen-bond acceptors (Lipinski definition) is 0. The molecule has 0 spiro atoms. The van der Waals surface area contributed by atoms with Crippen LogP contribution in [-0.2, 0) is 16.2 Å². The van der Waals surface area contributed by atoms with E-state index in [4.69, 9.17) is 0 Å². The molecular weight excluding hydrogens is 711 g/mol. The third-order valence-electron chi connectivity index (χ3n) is 13.9. The first-order valence-corrected chi connectivity index (χ1v) is 21.5. The molecule has 0 radical (unpaired) electrons. The van der Waals surface area contributed by atoms with Crippen LogP contribution in [0.1, 0.15) is 79.0 Å². The number of aromatic nitrogens is 2. The Bertz CT molecular complexity index is 3280. The first-order valence-electron chi connectivity index (χ1n) is 21.5. The molecule has 0 fully saturated rings. The van der Waals surface area contributed by atoms with E-state index in [1.165, 1.54) is 121 Å². The molecule has 286 valence electrons. The van der Waals surface area contributed by atoms with Crippen molar-refractivity contribution in [1.29, 1.82) is 0 Å². The Morgan fingerprint density at radius 2 is 0.780 bits per heavy atom. The summed E-state index contributed by atoms with van der Waals surface area (Å²) in [5.41, 5.74) is 18.7. The summed E-state index contributed by atoms with van der Waals surface area (Å²) in [6, 6.07) is 52.2. The van der Waals surface area contributed by atoms with Crippen molar-refractivity contribution >= 4 is 88.3 Å². The SMILES string of the molecule is CC(C)(C)c1ccc(-c2cc3c4c(c2)-n2c5cc6ccccc6cc5c5cc(C(C)(C)C)cc(c52)B4c2cc(C(C)(C)C)cc4c5cc6ccccc6cc5n-3c24)cc1. The lowest BCUT2D eigenvalue weighted by molar-refractivity contribution is 0.590. The van der Waals surface area contributed by atoms with Gasteiger partial charge in [0.25, 0.3) is 6.71 Å². The predicted octanol–water partition coefficient (Wildman–Crippen LogP) is 12.9. The number of benzene rings is 8. The highest BCUT2D eigenvalue weighted by Crippen LogP contribution is 2.44. The van der Waals surface area contributed by atoms with E-state index < -0.39 is 0 Å². The molecule has 4 heterocycles. The number of rotatable bonds is 1. The molecule has 2 aromatic heterocycles. The van der Waals surface area contributed by atoms with Crippen LogP contribution in [0.25, 0.3) is 87.7 Å². The quantitative estimate of drug-likeness (QED) is 0.148. The average Bonchev–Trinajstić information content (AvgIpc) is 3.70. The molecule has 0 saturated carbocycles. The van der Waals surface area contributed by atoms with E-state index in [1.807, 2.05) is 0 Å². The van der Waals surface area contributed by atoms with Crippen LogP contribution in [0.5, 0.6) is 0 Å². The Balaban J connectivity index is 1.31. The minimum Gasteiger partial charge on any atom is -0.310 e. The average molecular weight is 761 g/mol. The van der Waals surface area contributed by atoms with Crippen LogP contribution in [0.3, 0.4) is 0 Å². The first-order chi connectivity index (χ1) is 28.1. The van der Waals surface area contributed by atoms with Gasteiger partial charge >= 0.3 is 0 Å². The van der Waals surface area contributed by atoms with E-state index in [0.29, 0.717) is 0 Å². The van der Waals surface area contributed by atoms with E-state index in [9.17, 15) is 0 Å². The standard InChI is InChI=1S/C56H49BN2/c1-54(2,3)38-20-18-32(19-21-38)37-26-49-51-50(27-37)59-48-25-36-17-13-11-15-34(36)23-42(48)44-29-40(56(7,8)9)31-46(53(44)59)57(51)45-30-39(55(4,5)6)28-43-41-22-33-14-10-12-16-35(33)24-47(41)58(49)52(43)45/h10-31H,1-9H3. The molecular formula is C56H49BN2. The zero-order valence-corrected chi connectivity index (χ0v) is 35.7. The van der Waals surface area contributed by atoms with Crippen LogP contribution in [-0.4, -0.2) is 15.8 Å². The minimum atomic E-state index is -0.0333. The maximum Gasteiger partial charge on any atom is 0.252 e. The van der Waals surface area contributed by atoms with Crippen LogP contribution in [0, 0.1) is 0 Å². The minimum absolute atomic E-state index is 0.0333. The number of nitrogens with zero attached hydrogens (tertiary/aromatic N) is 2. The highest BCUT2D eigenvalue weighted by atomic mass is 15.0. The normalized spacial score (nSPS) is 13.8. The van der Waals surface area contributed by atoms with Crippen molar-refractivity contribution in [3.05, 3.63) is 150 Å². The van der Waals surface area contributed by atoms with Gasteiger partial charge in [-0.2, -0.15) is 0 Å². The molecule has 59 heavy (non-hydrogen) atoms. The number of fused-ring (bicyclic) bond motifs is 12. The van der Waals surface area contributed by atoms with Gasteiger partial charge in [-0.15, -0.1) is 0 Å². The third kappa shape index (κ3) is 4.82. The van der Waals surface area contributed by atoms with Gasteiger partial charge in [-0.05, 0) is 131 Å². The summed E-state index contributed by atoms with van der Waals surface area (Å²) in [6.07, 6.45) is 0. The van der Waals surface area contributed by atoms with Crippen molar-refractivity contribution < 1.29 is 0 Å². The fourth-order valence-electron chi connectivity index (χ4n) is 10.6. The van der Waals surface area contributed by atoms with E-state index >= 15 is 0 Å². The van der Waals surface area contributed by atoms with Gasteiger partial charge in [0, 0.05) is 44.0 Å². The molecule has 0 bridgehead atoms. The topological polar surface area (TPSA) is 9.86 Å².